The molecule has 39 heavy (non-hydrogen) atoms. The van der Waals surface area contributed by atoms with Crippen LogP contribution in [0.15, 0.2) is 109 Å². The standard InChI is InChI=1S/C32H30N2O5/c35-22-29(24-13-5-2-6-14-24)33-31(38)27-17-9-7-15-25(27)26-16-8-10-18-28(26)32(39)34(20-19-30(36)37)21-23-11-3-1-4-12-23/h1-18,29,35H,19-22H2,(H,33,38)(H,36,37)/t29-/m0/s1. The van der Waals surface area contributed by atoms with Crippen molar-refractivity contribution in [2.24, 2.45) is 0 Å². The van der Waals surface area contributed by atoms with Crippen LogP contribution >= 0.6 is 0 Å². The van der Waals surface area contributed by atoms with Crippen LogP contribution in [-0.2, 0) is 11.3 Å². The Bertz CT molecular complexity index is 1420. The third-order valence-corrected chi connectivity index (χ3v) is 6.41. The van der Waals surface area contributed by atoms with Crippen LogP contribution in [-0.4, -0.2) is 46.0 Å². The van der Waals surface area contributed by atoms with Gasteiger partial charge in [-0.15, -0.1) is 0 Å². The summed E-state index contributed by atoms with van der Waals surface area (Å²) in [6, 6.07) is 32.0. The van der Waals surface area contributed by atoms with Crippen LogP contribution < -0.4 is 5.32 Å². The van der Waals surface area contributed by atoms with Gasteiger partial charge in [0, 0.05) is 24.2 Å². The van der Waals surface area contributed by atoms with E-state index in [2.05, 4.69) is 5.32 Å². The lowest BCUT2D eigenvalue weighted by Crippen LogP contribution is -2.33. The van der Waals surface area contributed by atoms with Crippen molar-refractivity contribution in [2.45, 2.75) is 19.0 Å². The van der Waals surface area contributed by atoms with Crippen LogP contribution in [0.4, 0.5) is 0 Å². The molecule has 0 unspecified atom stereocenters. The summed E-state index contributed by atoms with van der Waals surface area (Å²) < 4.78 is 0. The maximum absolute atomic E-state index is 13.8. The number of nitrogens with one attached hydrogen (secondary N) is 1. The van der Waals surface area contributed by atoms with Crippen LogP contribution in [0.5, 0.6) is 0 Å². The fraction of sp³-hybridized carbons (Fsp3) is 0.156. The number of rotatable bonds is 11. The van der Waals surface area contributed by atoms with Crippen molar-refractivity contribution < 1.29 is 24.6 Å². The third kappa shape index (κ3) is 6.97. The summed E-state index contributed by atoms with van der Waals surface area (Å²) in [6.07, 6.45) is -0.193. The number of amides is 2. The van der Waals surface area contributed by atoms with Gasteiger partial charge in [-0.1, -0.05) is 97.1 Å². The summed E-state index contributed by atoms with van der Waals surface area (Å²) in [5, 5.41) is 22.1. The van der Waals surface area contributed by atoms with Crippen molar-refractivity contribution in [3.8, 4) is 11.1 Å². The highest BCUT2D eigenvalue weighted by Gasteiger charge is 2.24. The van der Waals surface area contributed by atoms with E-state index in [1.165, 1.54) is 4.90 Å². The molecule has 198 valence electrons. The molecule has 0 radical (unpaired) electrons. The third-order valence-electron chi connectivity index (χ3n) is 6.41. The first-order valence-electron chi connectivity index (χ1n) is 12.7. The SMILES string of the molecule is O=C(O)CCN(Cc1ccccc1)C(=O)c1ccccc1-c1ccccc1C(=O)N[C@@H](CO)c1ccccc1. The van der Waals surface area contributed by atoms with Crippen molar-refractivity contribution in [3.63, 3.8) is 0 Å². The predicted molar refractivity (Wildman–Crippen MR) is 149 cm³/mol. The van der Waals surface area contributed by atoms with E-state index in [0.717, 1.165) is 11.1 Å². The van der Waals surface area contributed by atoms with Crippen LogP contribution in [0.3, 0.4) is 0 Å². The Morgan fingerprint density at radius 1 is 0.718 bits per heavy atom. The van der Waals surface area contributed by atoms with Gasteiger partial charge in [0.15, 0.2) is 0 Å². The number of carbonyl (C=O) groups is 3. The van der Waals surface area contributed by atoms with E-state index in [0.29, 0.717) is 22.3 Å². The highest BCUT2D eigenvalue weighted by atomic mass is 16.4. The van der Waals surface area contributed by atoms with Crippen molar-refractivity contribution in [1.29, 1.82) is 0 Å². The molecule has 0 spiro atoms. The van der Waals surface area contributed by atoms with Crippen molar-refractivity contribution >= 4 is 17.8 Å². The molecular formula is C32H30N2O5. The molecule has 4 rings (SSSR count). The molecule has 0 aliphatic rings. The number of hydrogen-bond donors (Lipinski definition) is 3. The van der Waals surface area contributed by atoms with Crippen molar-refractivity contribution in [1.82, 2.24) is 10.2 Å². The molecule has 7 heteroatoms. The predicted octanol–water partition coefficient (Wildman–Crippen LogP) is 4.93. The average molecular weight is 523 g/mol. The molecule has 0 heterocycles. The van der Waals surface area contributed by atoms with Crippen molar-refractivity contribution in [3.05, 3.63) is 131 Å². The molecule has 0 saturated heterocycles. The van der Waals surface area contributed by atoms with E-state index in [-0.39, 0.29) is 37.9 Å². The Hall–Kier alpha value is -4.75. The molecule has 0 aromatic heterocycles. The molecule has 0 bridgehead atoms. The van der Waals surface area contributed by atoms with Gasteiger partial charge in [-0.05, 0) is 34.4 Å². The summed E-state index contributed by atoms with van der Waals surface area (Å²) in [7, 11) is 0. The number of benzene rings is 4. The molecule has 4 aromatic carbocycles. The Kier molecular flexibility index (Phi) is 9.21. The van der Waals surface area contributed by atoms with Gasteiger partial charge in [0.2, 0.25) is 0 Å². The Morgan fingerprint density at radius 3 is 1.87 bits per heavy atom. The minimum atomic E-state index is -0.993. The second-order valence-electron chi connectivity index (χ2n) is 9.07. The number of hydrogen-bond acceptors (Lipinski definition) is 4. The number of carbonyl (C=O) groups excluding carboxylic acids is 2. The second kappa shape index (κ2) is 13.2. The summed E-state index contributed by atoms with van der Waals surface area (Å²) in [4.78, 5) is 40.1. The molecule has 0 aliphatic heterocycles. The summed E-state index contributed by atoms with van der Waals surface area (Å²) in [6.45, 7) is 0.0124. The minimum Gasteiger partial charge on any atom is -0.481 e. The maximum Gasteiger partial charge on any atom is 0.305 e. The Balaban J connectivity index is 1.67. The van der Waals surface area contributed by atoms with Gasteiger partial charge in [0.1, 0.15) is 0 Å². The number of nitrogens with zero attached hydrogens (tertiary/aromatic N) is 1. The molecular weight excluding hydrogens is 492 g/mol. The zero-order valence-electron chi connectivity index (χ0n) is 21.4. The van der Waals surface area contributed by atoms with E-state index < -0.39 is 12.0 Å². The molecule has 0 aliphatic carbocycles. The molecule has 3 N–H and O–H groups in total. The quantitative estimate of drug-likeness (QED) is 0.259. The fourth-order valence-electron chi connectivity index (χ4n) is 4.43. The van der Waals surface area contributed by atoms with E-state index in [9.17, 15) is 24.6 Å². The zero-order chi connectivity index (χ0) is 27.6. The van der Waals surface area contributed by atoms with Gasteiger partial charge in [0.25, 0.3) is 11.8 Å². The topological polar surface area (TPSA) is 107 Å². The second-order valence-corrected chi connectivity index (χ2v) is 9.07. The largest absolute Gasteiger partial charge is 0.481 e. The highest BCUT2D eigenvalue weighted by molar-refractivity contribution is 6.06. The lowest BCUT2D eigenvalue weighted by atomic mass is 9.94. The fourth-order valence-corrected chi connectivity index (χ4v) is 4.43. The van der Waals surface area contributed by atoms with Gasteiger partial charge in [-0.3, -0.25) is 14.4 Å². The number of aliphatic carboxylic acids is 1. The highest BCUT2D eigenvalue weighted by Crippen LogP contribution is 2.29. The molecule has 0 fully saturated rings. The molecule has 2 amide bonds. The average Bonchev–Trinajstić information content (AvgIpc) is 2.98. The van der Waals surface area contributed by atoms with Crippen LogP contribution in [0.2, 0.25) is 0 Å². The minimum absolute atomic E-state index is 0.0365. The zero-order valence-corrected chi connectivity index (χ0v) is 21.4. The van der Waals surface area contributed by atoms with E-state index >= 15 is 0 Å². The van der Waals surface area contributed by atoms with Gasteiger partial charge < -0.3 is 20.4 Å². The lowest BCUT2D eigenvalue weighted by molar-refractivity contribution is -0.137. The van der Waals surface area contributed by atoms with Crippen LogP contribution in [0.1, 0.15) is 44.3 Å². The van der Waals surface area contributed by atoms with Crippen LogP contribution in [0, 0.1) is 0 Å². The maximum atomic E-state index is 13.8. The van der Waals surface area contributed by atoms with Gasteiger partial charge in [-0.2, -0.15) is 0 Å². The number of aliphatic hydroxyl groups excluding tert-OH is 1. The Morgan fingerprint density at radius 2 is 1.26 bits per heavy atom. The molecule has 0 saturated carbocycles. The number of aliphatic hydroxyl groups is 1. The lowest BCUT2D eigenvalue weighted by Gasteiger charge is -2.24. The number of carboxylic acids is 1. The first-order valence-corrected chi connectivity index (χ1v) is 12.7. The first-order chi connectivity index (χ1) is 19.0. The smallest absolute Gasteiger partial charge is 0.305 e. The summed E-state index contributed by atoms with van der Waals surface area (Å²) in [5.41, 5.74) is 3.48. The van der Waals surface area contributed by atoms with Gasteiger partial charge >= 0.3 is 5.97 Å². The van der Waals surface area contributed by atoms with Gasteiger partial charge in [0.05, 0.1) is 19.1 Å². The first kappa shape index (κ1) is 27.3. The molecule has 7 nitrogen and oxygen atoms in total. The Labute approximate surface area is 227 Å². The van der Waals surface area contributed by atoms with E-state index in [1.54, 1.807) is 48.5 Å². The van der Waals surface area contributed by atoms with Crippen LogP contribution in [0.25, 0.3) is 11.1 Å². The molecule has 1 atom stereocenters. The van der Waals surface area contributed by atoms with Crippen molar-refractivity contribution in [2.75, 3.05) is 13.2 Å². The summed E-state index contributed by atoms with van der Waals surface area (Å²) in [5.74, 6) is -1.71. The van der Waals surface area contributed by atoms with E-state index in [1.807, 2.05) is 60.7 Å². The van der Waals surface area contributed by atoms with Gasteiger partial charge in [-0.25, -0.2) is 0 Å². The normalized spacial score (nSPS) is 11.4. The molecule has 4 aromatic rings. The van der Waals surface area contributed by atoms with E-state index in [4.69, 9.17) is 0 Å². The monoisotopic (exact) mass is 522 g/mol. The summed E-state index contributed by atoms with van der Waals surface area (Å²) >= 11 is 0. The number of carboxylic acid groups (broad SMARTS) is 1.